The number of benzene rings is 1. The second-order valence-electron chi connectivity index (χ2n) is 13.1. The van der Waals surface area contributed by atoms with Crippen molar-refractivity contribution in [1.82, 2.24) is 14.8 Å². The Morgan fingerprint density at radius 3 is 2.68 bits per heavy atom. The van der Waals surface area contributed by atoms with Crippen molar-refractivity contribution in [2.45, 2.75) is 90.3 Å². The van der Waals surface area contributed by atoms with Gasteiger partial charge in [-0.15, -0.1) is 0 Å². The Balaban J connectivity index is 1.52. The van der Waals surface area contributed by atoms with Gasteiger partial charge in [-0.25, -0.2) is 4.68 Å². The molecular formula is C28H39N5O3Si. The van der Waals surface area contributed by atoms with E-state index in [1.165, 1.54) is 11.1 Å². The second kappa shape index (κ2) is 8.91. The average molecular weight is 522 g/mol. The van der Waals surface area contributed by atoms with Crippen molar-refractivity contribution in [3.05, 3.63) is 39.9 Å². The van der Waals surface area contributed by atoms with Gasteiger partial charge in [0.05, 0.1) is 17.7 Å². The van der Waals surface area contributed by atoms with Crippen LogP contribution in [0.1, 0.15) is 50.8 Å². The number of H-pyrrole nitrogens is 1. The molecular weight excluding hydrogens is 482 g/mol. The maximum Gasteiger partial charge on any atom is 0.237 e. The predicted molar refractivity (Wildman–Crippen MR) is 151 cm³/mol. The number of rotatable bonds is 8. The highest BCUT2D eigenvalue weighted by Crippen LogP contribution is 2.46. The Morgan fingerprint density at radius 2 is 1.97 bits per heavy atom. The Hall–Kier alpha value is -2.78. The summed E-state index contributed by atoms with van der Waals surface area (Å²) < 4.78 is 7.88. The SMILES string of the molecule is CC(C)(CN1C(=O)C(C)(C)c2cc3[nH]c4c(c3cc21)CCCc1cn(COCC[Si](C)(C)C)nc1-4)N=O. The molecule has 0 bridgehead atoms. The van der Waals surface area contributed by atoms with Gasteiger partial charge < -0.3 is 14.6 Å². The molecule has 0 radical (unpaired) electrons. The summed E-state index contributed by atoms with van der Waals surface area (Å²) in [6, 6.07) is 5.39. The number of aromatic amines is 1. The first-order valence-corrected chi connectivity index (χ1v) is 17.0. The molecule has 3 heterocycles. The lowest BCUT2D eigenvalue weighted by atomic mass is 9.85. The number of hydrogen-bond acceptors (Lipinski definition) is 5. The molecule has 0 spiro atoms. The van der Waals surface area contributed by atoms with E-state index in [0.29, 0.717) is 6.73 Å². The largest absolute Gasteiger partial charge is 0.360 e. The number of nitrogens with one attached hydrogen (secondary N) is 1. The summed E-state index contributed by atoms with van der Waals surface area (Å²) in [6.07, 6.45) is 5.07. The van der Waals surface area contributed by atoms with Gasteiger partial charge in [-0.2, -0.15) is 10.0 Å². The molecule has 2 aliphatic rings. The summed E-state index contributed by atoms with van der Waals surface area (Å²) in [6.45, 7) is 16.0. The van der Waals surface area contributed by atoms with E-state index in [0.717, 1.165) is 65.5 Å². The summed E-state index contributed by atoms with van der Waals surface area (Å²) in [5.74, 6) is 0.00752. The molecule has 9 heteroatoms. The van der Waals surface area contributed by atoms with Crippen LogP contribution in [0.15, 0.2) is 23.5 Å². The molecule has 0 saturated carbocycles. The maximum atomic E-state index is 13.4. The number of fused-ring (bicyclic) bond motifs is 6. The van der Waals surface area contributed by atoms with Gasteiger partial charge in [-0.1, -0.05) is 24.8 Å². The summed E-state index contributed by atoms with van der Waals surface area (Å²) in [5.41, 5.74) is 5.88. The van der Waals surface area contributed by atoms with Gasteiger partial charge in [0.1, 0.15) is 18.0 Å². The number of anilines is 1. The smallest absolute Gasteiger partial charge is 0.237 e. The number of nitrogens with zero attached hydrogens (tertiary/aromatic N) is 4. The van der Waals surface area contributed by atoms with Crippen LogP contribution in [0.3, 0.4) is 0 Å². The molecule has 1 aromatic carbocycles. The van der Waals surface area contributed by atoms with E-state index in [9.17, 15) is 9.70 Å². The predicted octanol–water partition coefficient (Wildman–Crippen LogP) is 6.00. The Kier molecular flexibility index (Phi) is 6.22. The van der Waals surface area contributed by atoms with E-state index in [2.05, 4.69) is 48.1 Å². The van der Waals surface area contributed by atoms with Gasteiger partial charge >= 0.3 is 0 Å². The lowest BCUT2D eigenvalue weighted by Crippen LogP contribution is -2.43. The minimum Gasteiger partial charge on any atom is -0.360 e. The molecule has 0 unspecified atom stereocenters. The number of carbonyl (C=O) groups is 1. The third kappa shape index (κ3) is 4.67. The van der Waals surface area contributed by atoms with E-state index >= 15 is 0 Å². The molecule has 0 atom stereocenters. The molecule has 5 rings (SSSR count). The minimum absolute atomic E-state index is 0.00752. The van der Waals surface area contributed by atoms with Crippen LogP contribution < -0.4 is 4.90 Å². The number of nitroso groups, excluding NO2 is 1. The monoisotopic (exact) mass is 521 g/mol. The molecule has 8 nitrogen and oxygen atoms in total. The van der Waals surface area contributed by atoms with Crippen molar-refractivity contribution in [2.24, 2.45) is 5.18 Å². The Labute approximate surface area is 219 Å². The van der Waals surface area contributed by atoms with Crippen molar-refractivity contribution in [2.75, 3.05) is 18.1 Å². The number of ether oxygens (including phenoxy) is 1. The van der Waals surface area contributed by atoms with E-state index < -0.39 is 19.0 Å². The lowest BCUT2D eigenvalue weighted by molar-refractivity contribution is -0.122. The summed E-state index contributed by atoms with van der Waals surface area (Å²) >= 11 is 0. The fraction of sp³-hybridized carbons (Fsp3) is 0.571. The Bertz CT molecular complexity index is 1380. The topological polar surface area (TPSA) is 92.6 Å². The van der Waals surface area contributed by atoms with Gasteiger partial charge in [-0.3, -0.25) is 4.79 Å². The van der Waals surface area contributed by atoms with Crippen molar-refractivity contribution in [3.63, 3.8) is 0 Å². The third-order valence-corrected chi connectivity index (χ3v) is 9.43. The number of amides is 1. The van der Waals surface area contributed by atoms with Gasteiger partial charge in [-0.05, 0) is 81.8 Å². The quantitative estimate of drug-likeness (QED) is 0.223. The second-order valence-corrected chi connectivity index (χ2v) is 18.7. The number of aromatic nitrogens is 3. The zero-order valence-corrected chi connectivity index (χ0v) is 24.2. The van der Waals surface area contributed by atoms with Crippen LogP contribution in [0, 0.1) is 4.91 Å². The number of aryl methyl sites for hydroxylation is 2. The van der Waals surface area contributed by atoms with Gasteiger partial charge in [0.2, 0.25) is 5.91 Å². The summed E-state index contributed by atoms with van der Waals surface area (Å²) in [4.78, 5) is 30.2. The Morgan fingerprint density at radius 1 is 1.22 bits per heavy atom. The van der Waals surface area contributed by atoms with Crippen molar-refractivity contribution in [1.29, 1.82) is 0 Å². The molecule has 0 saturated heterocycles. The first-order valence-electron chi connectivity index (χ1n) is 13.3. The first-order chi connectivity index (χ1) is 17.3. The molecule has 37 heavy (non-hydrogen) atoms. The highest BCUT2D eigenvalue weighted by atomic mass is 28.3. The highest BCUT2D eigenvalue weighted by molar-refractivity contribution is 6.76. The summed E-state index contributed by atoms with van der Waals surface area (Å²) in [7, 11) is -1.13. The van der Waals surface area contributed by atoms with E-state index in [4.69, 9.17) is 9.84 Å². The summed E-state index contributed by atoms with van der Waals surface area (Å²) in [5, 5.41) is 9.33. The van der Waals surface area contributed by atoms with Crippen molar-refractivity contribution in [3.8, 4) is 11.4 Å². The van der Waals surface area contributed by atoms with E-state index in [1.54, 1.807) is 18.7 Å². The highest BCUT2D eigenvalue weighted by Gasteiger charge is 2.46. The molecule has 1 aliphatic carbocycles. The van der Waals surface area contributed by atoms with Gasteiger partial charge in [0.15, 0.2) is 0 Å². The van der Waals surface area contributed by atoms with Crippen LogP contribution in [0.2, 0.25) is 25.7 Å². The molecule has 198 valence electrons. The third-order valence-electron chi connectivity index (χ3n) is 7.73. The van der Waals surface area contributed by atoms with Gasteiger partial charge in [0, 0.05) is 37.5 Å². The van der Waals surface area contributed by atoms with E-state index in [-0.39, 0.29) is 12.5 Å². The standard InChI is InChI=1S/C28H39N5O3Si/c1-27(2,31-35)16-33-23-13-20-19-10-8-9-18-15-32(17-36-11-12-37(5,6)7)30-24(18)25(19)29-22(20)14-21(23)28(3,4)26(33)34/h13-15,29H,8-12,16-17H2,1-7H3. The zero-order valence-electron chi connectivity index (χ0n) is 23.2. The van der Waals surface area contributed by atoms with Crippen LogP contribution in [-0.2, 0) is 34.5 Å². The van der Waals surface area contributed by atoms with Crippen LogP contribution in [0.5, 0.6) is 0 Å². The zero-order chi connectivity index (χ0) is 26.8. The number of hydrogen-bond donors (Lipinski definition) is 1. The minimum atomic E-state index is -1.13. The van der Waals surface area contributed by atoms with Crippen LogP contribution >= 0.6 is 0 Å². The fourth-order valence-corrected chi connectivity index (χ4v) is 6.28. The van der Waals surface area contributed by atoms with Crippen molar-refractivity contribution >= 4 is 30.6 Å². The van der Waals surface area contributed by atoms with Crippen molar-refractivity contribution < 1.29 is 9.53 Å². The molecule has 1 N–H and O–H groups in total. The molecule has 0 fully saturated rings. The number of carbonyl (C=O) groups excluding carboxylic acids is 1. The molecule has 2 aromatic heterocycles. The average Bonchev–Trinajstić information content (AvgIpc) is 3.39. The molecule has 1 amide bonds. The van der Waals surface area contributed by atoms with Gasteiger partial charge in [0.25, 0.3) is 0 Å². The van der Waals surface area contributed by atoms with E-state index in [1.807, 2.05) is 18.5 Å². The first kappa shape index (κ1) is 25.8. The van der Waals surface area contributed by atoms with Crippen LogP contribution in [0.4, 0.5) is 5.69 Å². The molecule has 1 aliphatic heterocycles. The fourth-order valence-electron chi connectivity index (χ4n) is 5.52. The maximum absolute atomic E-state index is 13.4. The molecule has 3 aromatic rings. The van der Waals surface area contributed by atoms with Crippen LogP contribution in [-0.4, -0.2) is 47.4 Å². The lowest BCUT2D eigenvalue weighted by Gasteiger charge is -2.26. The van der Waals surface area contributed by atoms with Crippen LogP contribution in [0.25, 0.3) is 22.3 Å². The normalized spacial score (nSPS) is 17.1.